The van der Waals surface area contributed by atoms with E-state index in [0.717, 1.165) is 22.7 Å². The van der Waals surface area contributed by atoms with Gasteiger partial charge in [-0.05, 0) is 38.1 Å². The average Bonchev–Trinajstić information content (AvgIpc) is 3.20. The maximum absolute atomic E-state index is 6.17. The van der Waals surface area contributed by atoms with Crippen LogP contribution in [-0.2, 0) is 32.1 Å². The standard InChI is InChI=1S/C18H21N3O5/c1-18(2)25-16-15-13(24-17(16)26-18)8-21-12(9-23-15)14(19-20-21)10-4-6-11(22-3)7-5-10/h4-7,13,15-17H,8-9H2,1-3H3/t13-,15+,16-,17-/m1/s1. The molecule has 0 spiro atoms. The van der Waals surface area contributed by atoms with Gasteiger partial charge in [-0.1, -0.05) is 5.21 Å². The van der Waals surface area contributed by atoms with Gasteiger partial charge in [-0.25, -0.2) is 4.68 Å². The molecule has 1 aromatic heterocycles. The third kappa shape index (κ3) is 2.52. The molecule has 26 heavy (non-hydrogen) atoms. The van der Waals surface area contributed by atoms with Crippen molar-refractivity contribution < 1.29 is 23.7 Å². The number of hydrogen-bond acceptors (Lipinski definition) is 7. The van der Waals surface area contributed by atoms with Crippen LogP contribution >= 0.6 is 0 Å². The van der Waals surface area contributed by atoms with E-state index in [-0.39, 0.29) is 18.3 Å². The molecule has 1 aromatic carbocycles. The summed E-state index contributed by atoms with van der Waals surface area (Å²) >= 11 is 0. The molecule has 3 aliphatic rings. The summed E-state index contributed by atoms with van der Waals surface area (Å²) in [5.74, 6) is 0.150. The first-order valence-electron chi connectivity index (χ1n) is 8.73. The second-order valence-electron chi connectivity index (χ2n) is 7.21. The molecule has 0 aliphatic carbocycles. The Kier molecular flexibility index (Phi) is 3.58. The van der Waals surface area contributed by atoms with Crippen LogP contribution < -0.4 is 4.74 Å². The fourth-order valence-electron chi connectivity index (χ4n) is 3.84. The van der Waals surface area contributed by atoms with Gasteiger partial charge in [0.2, 0.25) is 0 Å². The molecule has 2 saturated heterocycles. The van der Waals surface area contributed by atoms with Crippen LogP contribution in [0.5, 0.6) is 5.75 Å². The molecule has 0 unspecified atom stereocenters. The summed E-state index contributed by atoms with van der Waals surface area (Å²) in [7, 11) is 1.65. The Hall–Kier alpha value is -2.00. The van der Waals surface area contributed by atoms with Crippen molar-refractivity contribution in [3.63, 3.8) is 0 Å². The van der Waals surface area contributed by atoms with E-state index in [1.54, 1.807) is 7.11 Å². The summed E-state index contributed by atoms with van der Waals surface area (Å²) in [6.07, 6.45) is -0.983. The summed E-state index contributed by atoms with van der Waals surface area (Å²) in [5.41, 5.74) is 2.72. The lowest BCUT2D eigenvalue weighted by Gasteiger charge is -2.23. The van der Waals surface area contributed by atoms with Crippen LogP contribution in [0.1, 0.15) is 19.5 Å². The van der Waals surface area contributed by atoms with E-state index in [9.17, 15) is 0 Å². The molecule has 4 heterocycles. The predicted molar refractivity (Wildman–Crippen MR) is 89.3 cm³/mol. The van der Waals surface area contributed by atoms with Crippen molar-refractivity contribution in [2.75, 3.05) is 7.11 Å². The number of methoxy groups -OCH3 is 1. The zero-order valence-corrected chi connectivity index (χ0v) is 14.9. The lowest BCUT2D eigenvalue weighted by molar-refractivity contribution is -0.219. The fourth-order valence-corrected chi connectivity index (χ4v) is 3.84. The van der Waals surface area contributed by atoms with Crippen LogP contribution in [0.4, 0.5) is 0 Å². The monoisotopic (exact) mass is 359 g/mol. The largest absolute Gasteiger partial charge is 0.497 e. The lowest BCUT2D eigenvalue weighted by atomic mass is 10.1. The zero-order chi connectivity index (χ0) is 17.9. The van der Waals surface area contributed by atoms with E-state index in [2.05, 4.69) is 10.3 Å². The Morgan fingerprint density at radius 2 is 1.96 bits per heavy atom. The Balaban J connectivity index is 1.41. The molecule has 3 aliphatic heterocycles. The summed E-state index contributed by atoms with van der Waals surface area (Å²) in [5, 5.41) is 8.66. The van der Waals surface area contributed by atoms with Gasteiger partial charge in [-0.2, -0.15) is 0 Å². The van der Waals surface area contributed by atoms with Gasteiger partial charge in [0.1, 0.15) is 29.8 Å². The smallest absolute Gasteiger partial charge is 0.190 e. The summed E-state index contributed by atoms with van der Waals surface area (Å²) in [6, 6.07) is 7.76. The summed E-state index contributed by atoms with van der Waals surface area (Å²) in [4.78, 5) is 0. The van der Waals surface area contributed by atoms with Gasteiger partial charge < -0.3 is 23.7 Å². The Labute approximate surface area is 150 Å². The van der Waals surface area contributed by atoms with E-state index in [4.69, 9.17) is 23.7 Å². The molecule has 8 nitrogen and oxygen atoms in total. The fraction of sp³-hybridized carbons (Fsp3) is 0.556. The topological polar surface area (TPSA) is 76.9 Å². The average molecular weight is 359 g/mol. The first-order valence-corrected chi connectivity index (χ1v) is 8.73. The highest BCUT2D eigenvalue weighted by molar-refractivity contribution is 5.62. The number of nitrogens with zero attached hydrogens (tertiary/aromatic N) is 3. The molecule has 8 heteroatoms. The number of fused-ring (bicyclic) bond motifs is 4. The quantitative estimate of drug-likeness (QED) is 0.808. The minimum Gasteiger partial charge on any atom is -0.497 e. The van der Waals surface area contributed by atoms with E-state index in [1.807, 2.05) is 42.8 Å². The number of hydrogen-bond donors (Lipinski definition) is 0. The SMILES string of the molecule is COc1ccc(-c2nnn3c2CO[C@@H]2[C@H]4OC(C)(C)O[C@H]4O[C@@H]2C3)cc1. The van der Waals surface area contributed by atoms with Gasteiger partial charge >= 0.3 is 0 Å². The van der Waals surface area contributed by atoms with Gasteiger partial charge in [0, 0.05) is 5.56 Å². The van der Waals surface area contributed by atoms with Crippen LogP contribution in [0, 0.1) is 0 Å². The molecule has 0 bridgehead atoms. The van der Waals surface area contributed by atoms with Crippen molar-refractivity contribution in [1.82, 2.24) is 15.0 Å². The first kappa shape index (κ1) is 16.2. The van der Waals surface area contributed by atoms with Crippen molar-refractivity contribution in [3.05, 3.63) is 30.0 Å². The van der Waals surface area contributed by atoms with Crippen LogP contribution in [0.2, 0.25) is 0 Å². The number of benzene rings is 1. The highest BCUT2D eigenvalue weighted by atomic mass is 16.8. The maximum Gasteiger partial charge on any atom is 0.190 e. The number of aromatic nitrogens is 3. The number of ether oxygens (including phenoxy) is 5. The molecule has 138 valence electrons. The molecule has 2 aromatic rings. The normalized spacial score (nSPS) is 31.8. The van der Waals surface area contributed by atoms with Gasteiger partial charge in [0.15, 0.2) is 12.1 Å². The Morgan fingerprint density at radius 3 is 2.73 bits per heavy atom. The molecular weight excluding hydrogens is 338 g/mol. The van der Waals surface area contributed by atoms with Crippen LogP contribution in [0.3, 0.4) is 0 Å². The molecule has 5 rings (SSSR count). The van der Waals surface area contributed by atoms with E-state index >= 15 is 0 Å². The molecule has 0 amide bonds. The third-order valence-corrected chi connectivity index (χ3v) is 5.05. The van der Waals surface area contributed by atoms with Crippen molar-refractivity contribution in [3.8, 4) is 17.0 Å². The van der Waals surface area contributed by atoms with Crippen LogP contribution in [0.25, 0.3) is 11.3 Å². The molecule has 0 radical (unpaired) electrons. The molecule has 4 atom stereocenters. The number of rotatable bonds is 2. The zero-order valence-electron chi connectivity index (χ0n) is 14.9. The Bertz CT molecular complexity index is 819. The van der Waals surface area contributed by atoms with Gasteiger partial charge in [-0.3, -0.25) is 0 Å². The molecule has 0 saturated carbocycles. The molecular formula is C18H21N3O5. The van der Waals surface area contributed by atoms with Crippen molar-refractivity contribution >= 4 is 0 Å². The van der Waals surface area contributed by atoms with Crippen molar-refractivity contribution in [1.29, 1.82) is 0 Å². The second-order valence-corrected chi connectivity index (χ2v) is 7.21. The highest BCUT2D eigenvalue weighted by Gasteiger charge is 2.56. The predicted octanol–water partition coefficient (Wildman–Crippen LogP) is 1.73. The highest BCUT2D eigenvalue weighted by Crippen LogP contribution is 2.40. The Morgan fingerprint density at radius 1 is 1.15 bits per heavy atom. The summed E-state index contributed by atoms with van der Waals surface area (Å²) in [6.45, 7) is 4.73. The molecule has 0 N–H and O–H groups in total. The van der Waals surface area contributed by atoms with E-state index in [1.165, 1.54) is 0 Å². The first-order chi connectivity index (χ1) is 12.5. The van der Waals surface area contributed by atoms with Crippen LogP contribution in [0.15, 0.2) is 24.3 Å². The van der Waals surface area contributed by atoms with Gasteiger partial charge in [0.25, 0.3) is 0 Å². The minimum atomic E-state index is -0.653. The van der Waals surface area contributed by atoms with Gasteiger partial charge in [-0.15, -0.1) is 5.10 Å². The minimum absolute atomic E-state index is 0.173. The van der Waals surface area contributed by atoms with E-state index < -0.39 is 12.1 Å². The van der Waals surface area contributed by atoms with E-state index in [0.29, 0.717) is 13.2 Å². The summed E-state index contributed by atoms with van der Waals surface area (Å²) < 4.78 is 31.1. The molecule has 2 fully saturated rings. The lowest BCUT2D eigenvalue weighted by Crippen LogP contribution is -2.37. The second kappa shape index (κ2) is 5.75. The maximum atomic E-state index is 6.17. The van der Waals surface area contributed by atoms with Crippen molar-refractivity contribution in [2.24, 2.45) is 0 Å². The third-order valence-electron chi connectivity index (χ3n) is 5.05. The van der Waals surface area contributed by atoms with Crippen LogP contribution in [-0.4, -0.2) is 52.5 Å². The van der Waals surface area contributed by atoms with Gasteiger partial charge in [0.05, 0.1) is 26.0 Å². The van der Waals surface area contributed by atoms with Crippen molar-refractivity contribution in [2.45, 2.75) is 57.4 Å².